The second-order valence-corrected chi connectivity index (χ2v) is 10.3. The van der Waals surface area contributed by atoms with Crippen molar-refractivity contribution >= 4 is 44.8 Å². The molecule has 6 nitrogen and oxygen atoms in total. The van der Waals surface area contributed by atoms with Crippen LogP contribution in [0.3, 0.4) is 0 Å². The molecule has 8 heteroatoms. The standard InChI is InChI=1S/C20H22N2O4S2/c1-12-4-5-13(2)17(8-12)22-19(23)9-14(3)28(25,26)15-6-7-16-18(10-15)27-11-20(24)21-16/h4-8,10,14H,9,11H2,1-3H3,(H,21,24)(H,22,23). The van der Waals surface area contributed by atoms with Crippen LogP contribution >= 0.6 is 11.8 Å². The van der Waals surface area contributed by atoms with Crippen LogP contribution in [0.15, 0.2) is 46.2 Å². The number of carbonyl (C=O) groups is 2. The van der Waals surface area contributed by atoms with Gasteiger partial charge < -0.3 is 10.6 Å². The van der Waals surface area contributed by atoms with Crippen molar-refractivity contribution in [1.82, 2.24) is 0 Å². The molecule has 2 aromatic rings. The zero-order chi connectivity index (χ0) is 20.5. The Morgan fingerprint density at radius 2 is 1.96 bits per heavy atom. The van der Waals surface area contributed by atoms with E-state index < -0.39 is 15.1 Å². The summed E-state index contributed by atoms with van der Waals surface area (Å²) < 4.78 is 25.8. The largest absolute Gasteiger partial charge is 0.326 e. The average molecular weight is 419 g/mol. The molecule has 3 rings (SSSR count). The maximum Gasteiger partial charge on any atom is 0.234 e. The summed E-state index contributed by atoms with van der Waals surface area (Å²) in [6.07, 6.45) is -0.142. The summed E-state index contributed by atoms with van der Waals surface area (Å²) in [5, 5.41) is 4.65. The lowest BCUT2D eigenvalue weighted by molar-refractivity contribution is -0.116. The van der Waals surface area contributed by atoms with Gasteiger partial charge in [0.05, 0.1) is 21.6 Å². The molecule has 0 aliphatic carbocycles. The third kappa shape index (κ3) is 4.39. The van der Waals surface area contributed by atoms with E-state index in [1.54, 1.807) is 12.1 Å². The first-order valence-corrected chi connectivity index (χ1v) is 11.4. The molecule has 2 N–H and O–H groups in total. The predicted octanol–water partition coefficient (Wildman–Crippen LogP) is 3.54. The van der Waals surface area contributed by atoms with Gasteiger partial charge in [0, 0.05) is 17.0 Å². The maximum atomic E-state index is 12.9. The lowest BCUT2D eigenvalue weighted by Crippen LogP contribution is -2.25. The topological polar surface area (TPSA) is 92.3 Å². The van der Waals surface area contributed by atoms with Crippen molar-refractivity contribution < 1.29 is 18.0 Å². The average Bonchev–Trinajstić information content (AvgIpc) is 2.64. The normalized spacial score (nSPS) is 14.8. The Kier molecular flexibility index (Phi) is 5.81. The lowest BCUT2D eigenvalue weighted by Gasteiger charge is -2.19. The molecule has 1 heterocycles. The van der Waals surface area contributed by atoms with Crippen molar-refractivity contribution in [2.75, 3.05) is 16.4 Å². The molecule has 0 aromatic heterocycles. The summed E-state index contributed by atoms with van der Waals surface area (Å²) in [4.78, 5) is 24.7. The molecular weight excluding hydrogens is 396 g/mol. The van der Waals surface area contributed by atoms with Crippen LogP contribution < -0.4 is 10.6 Å². The molecule has 1 aliphatic rings. The van der Waals surface area contributed by atoms with Crippen LogP contribution in [0.4, 0.5) is 11.4 Å². The number of aryl methyl sites for hydroxylation is 2. The van der Waals surface area contributed by atoms with Gasteiger partial charge in [-0.1, -0.05) is 12.1 Å². The number of hydrogen-bond acceptors (Lipinski definition) is 5. The maximum absolute atomic E-state index is 12.9. The molecule has 28 heavy (non-hydrogen) atoms. The van der Waals surface area contributed by atoms with Gasteiger partial charge in [-0.15, -0.1) is 11.8 Å². The van der Waals surface area contributed by atoms with Gasteiger partial charge in [-0.3, -0.25) is 9.59 Å². The smallest absolute Gasteiger partial charge is 0.234 e. The number of rotatable bonds is 5. The summed E-state index contributed by atoms with van der Waals surface area (Å²) in [5.41, 5.74) is 3.24. The van der Waals surface area contributed by atoms with Gasteiger partial charge in [0.1, 0.15) is 0 Å². The fourth-order valence-electron chi connectivity index (χ4n) is 2.91. The molecular formula is C20H22N2O4S2. The molecule has 2 amide bonds. The molecule has 2 aromatic carbocycles. The Bertz CT molecular complexity index is 1050. The van der Waals surface area contributed by atoms with E-state index >= 15 is 0 Å². The minimum atomic E-state index is -3.68. The van der Waals surface area contributed by atoms with E-state index in [4.69, 9.17) is 0 Å². The van der Waals surface area contributed by atoms with Crippen LogP contribution in [0.1, 0.15) is 24.5 Å². The number of hydrogen-bond donors (Lipinski definition) is 2. The van der Waals surface area contributed by atoms with E-state index in [9.17, 15) is 18.0 Å². The van der Waals surface area contributed by atoms with Crippen LogP contribution in [0.2, 0.25) is 0 Å². The summed E-state index contributed by atoms with van der Waals surface area (Å²) in [5.74, 6) is -0.196. The minimum Gasteiger partial charge on any atom is -0.326 e. The number of thioether (sulfide) groups is 1. The number of sulfone groups is 1. The van der Waals surface area contributed by atoms with Crippen LogP contribution in [0, 0.1) is 13.8 Å². The molecule has 1 unspecified atom stereocenters. The van der Waals surface area contributed by atoms with Crippen LogP contribution in [0.25, 0.3) is 0 Å². The first-order valence-electron chi connectivity index (χ1n) is 8.84. The third-order valence-electron chi connectivity index (χ3n) is 4.58. The SMILES string of the molecule is Cc1ccc(C)c(NC(=O)CC(C)S(=O)(=O)c2ccc3c(c2)SCC(=O)N3)c1. The molecule has 0 radical (unpaired) electrons. The van der Waals surface area contributed by atoms with Gasteiger partial charge in [-0.2, -0.15) is 0 Å². The van der Waals surface area contributed by atoms with Crippen molar-refractivity contribution in [2.45, 2.75) is 42.2 Å². The highest BCUT2D eigenvalue weighted by molar-refractivity contribution is 8.00. The van der Waals surface area contributed by atoms with Gasteiger partial charge in [-0.25, -0.2) is 8.42 Å². The van der Waals surface area contributed by atoms with Crippen molar-refractivity contribution in [3.8, 4) is 0 Å². The number of benzene rings is 2. The molecule has 1 atom stereocenters. The summed E-state index contributed by atoms with van der Waals surface area (Å²) in [6.45, 7) is 5.35. The monoisotopic (exact) mass is 418 g/mol. The van der Waals surface area contributed by atoms with E-state index in [1.807, 2.05) is 32.0 Å². The summed E-state index contributed by atoms with van der Waals surface area (Å²) in [7, 11) is -3.68. The third-order valence-corrected chi connectivity index (χ3v) is 7.78. The van der Waals surface area contributed by atoms with E-state index in [0.717, 1.165) is 11.1 Å². The fraction of sp³-hybridized carbons (Fsp3) is 0.300. The van der Waals surface area contributed by atoms with Gasteiger partial charge in [-0.05, 0) is 56.2 Å². The Balaban J connectivity index is 1.74. The molecule has 0 spiro atoms. The van der Waals surface area contributed by atoms with Crippen molar-refractivity contribution in [2.24, 2.45) is 0 Å². The summed E-state index contributed by atoms with van der Waals surface area (Å²) in [6, 6.07) is 10.4. The van der Waals surface area contributed by atoms with Gasteiger partial charge >= 0.3 is 0 Å². The Morgan fingerprint density at radius 1 is 1.21 bits per heavy atom. The Hall–Kier alpha value is -2.32. The molecule has 0 saturated heterocycles. The molecule has 0 saturated carbocycles. The first kappa shape index (κ1) is 20.4. The fourth-order valence-corrected chi connectivity index (χ4v) is 5.20. The molecule has 148 valence electrons. The van der Waals surface area contributed by atoms with Gasteiger partial charge in [0.25, 0.3) is 0 Å². The summed E-state index contributed by atoms with van der Waals surface area (Å²) >= 11 is 1.30. The van der Waals surface area contributed by atoms with Crippen LogP contribution in [-0.2, 0) is 19.4 Å². The highest BCUT2D eigenvalue weighted by atomic mass is 32.2. The van der Waals surface area contributed by atoms with E-state index in [2.05, 4.69) is 10.6 Å². The highest BCUT2D eigenvalue weighted by Crippen LogP contribution is 2.34. The number of carbonyl (C=O) groups excluding carboxylic acids is 2. The second-order valence-electron chi connectivity index (χ2n) is 6.92. The van der Waals surface area contributed by atoms with Crippen molar-refractivity contribution in [3.05, 3.63) is 47.5 Å². The minimum absolute atomic E-state index is 0.107. The van der Waals surface area contributed by atoms with E-state index in [1.165, 1.54) is 24.8 Å². The van der Waals surface area contributed by atoms with Crippen molar-refractivity contribution in [1.29, 1.82) is 0 Å². The van der Waals surface area contributed by atoms with Crippen LogP contribution in [0.5, 0.6) is 0 Å². The first-order chi connectivity index (χ1) is 13.2. The Labute approximate surface area is 169 Å². The number of anilines is 2. The number of fused-ring (bicyclic) bond motifs is 1. The quantitative estimate of drug-likeness (QED) is 0.775. The molecule has 1 aliphatic heterocycles. The number of amides is 2. The highest BCUT2D eigenvalue weighted by Gasteiger charge is 2.27. The molecule has 0 bridgehead atoms. The van der Waals surface area contributed by atoms with Gasteiger partial charge in [0.2, 0.25) is 11.8 Å². The Morgan fingerprint density at radius 3 is 2.71 bits per heavy atom. The molecule has 0 fully saturated rings. The second kappa shape index (κ2) is 7.97. The van der Waals surface area contributed by atoms with Gasteiger partial charge in [0.15, 0.2) is 9.84 Å². The zero-order valence-electron chi connectivity index (χ0n) is 15.9. The van der Waals surface area contributed by atoms with Crippen molar-refractivity contribution in [3.63, 3.8) is 0 Å². The number of nitrogens with one attached hydrogen (secondary N) is 2. The van der Waals surface area contributed by atoms with E-state index in [0.29, 0.717) is 16.3 Å². The zero-order valence-corrected chi connectivity index (χ0v) is 17.5. The lowest BCUT2D eigenvalue weighted by atomic mass is 10.1. The van der Waals surface area contributed by atoms with E-state index in [-0.39, 0.29) is 28.9 Å². The predicted molar refractivity (Wildman–Crippen MR) is 112 cm³/mol. The van der Waals surface area contributed by atoms with Crippen LogP contribution in [-0.4, -0.2) is 31.2 Å².